The molecule has 1 aromatic heterocycles. The zero-order valence-electron chi connectivity index (χ0n) is 10.6. The number of carbonyl (C=O) groups is 1. The van der Waals surface area contributed by atoms with Crippen molar-refractivity contribution in [3.05, 3.63) is 42.2 Å². The summed E-state index contributed by atoms with van der Waals surface area (Å²) in [4.78, 5) is 10.7. The molecule has 0 atom stereocenters. The van der Waals surface area contributed by atoms with Crippen molar-refractivity contribution in [1.29, 1.82) is 0 Å². The van der Waals surface area contributed by atoms with Gasteiger partial charge in [-0.2, -0.15) is 5.10 Å². The lowest BCUT2D eigenvalue weighted by atomic mass is 10.2. The third-order valence-electron chi connectivity index (χ3n) is 2.60. The lowest BCUT2D eigenvalue weighted by Crippen LogP contribution is -2.13. The van der Waals surface area contributed by atoms with Crippen LogP contribution in [-0.2, 0) is 16.6 Å². The van der Waals surface area contributed by atoms with Crippen molar-refractivity contribution in [3.8, 4) is 0 Å². The minimum atomic E-state index is -3.83. The molecule has 0 saturated heterocycles. The van der Waals surface area contributed by atoms with Crippen molar-refractivity contribution in [2.24, 2.45) is 0 Å². The number of aromatic nitrogens is 2. The van der Waals surface area contributed by atoms with Crippen LogP contribution >= 0.6 is 0 Å². The van der Waals surface area contributed by atoms with Crippen LogP contribution in [0.2, 0.25) is 0 Å². The van der Waals surface area contributed by atoms with E-state index in [0.29, 0.717) is 12.2 Å². The zero-order valence-corrected chi connectivity index (χ0v) is 11.5. The number of hydrogen-bond donors (Lipinski definition) is 2. The van der Waals surface area contributed by atoms with Crippen molar-refractivity contribution in [1.82, 2.24) is 9.78 Å². The van der Waals surface area contributed by atoms with E-state index in [4.69, 9.17) is 5.11 Å². The molecule has 0 radical (unpaired) electrons. The molecule has 0 aliphatic carbocycles. The molecule has 2 rings (SSSR count). The Morgan fingerprint density at radius 1 is 1.45 bits per heavy atom. The molecule has 0 aliphatic rings. The van der Waals surface area contributed by atoms with Crippen LogP contribution in [0, 0.1) is 0 Å². The fraction of sp³-hybridized carbons (Fsp3) is 0.167. The summed E-state index contributed by atoms with van der Waals surface area (Å²) in [6, 6.07) is 5.15. The topological polar surface area (TPSA) is 101 Å². The van der Waals surface area contributed by atoms with Gasteiger partial charge in [-0.05, 0) is 25.1 Å². The van der Waals surface area contributed by atoms with Crippen molar-refractivity contribution in [2.75, 3.05) is 4.72 Å². The van der Waals surface area contributed by atoms with E-state index in [9.17, 15) is 13.2 Å². The Labute approximate surface area is 115 Å². The average molecular weight is 295 g/mol. The number of carboxylic acid groups (broad SMARTS) is 1. The Kier molecular flexibility index (Phi) is 3.75. The van der Waals surface area contributed by atoms with E-state index in [2.05, 4.69) is 9.82 Å². The van der Waals surface area contributed by atoms with Gasteiger partial charge in [-0.1, -0.05) is 6.07 Å². The van der Waals surface area contributed by atoms with Crippen LogP contribution < -0.4 is 4.72 Å². The molecule has 0 aliphatic heterocycles. The van der Waals surface area contributed by atoms with Gasteiger partial charge in [-0.15, -0.1) is 0 Å². The second-order valence-corrected chi connectivity index (χ2v) is 5.71. The molecular weight excluding hydrogens is 282 g/mol. The third-order valence-corrected chi connectivity index (χ3v) is 3.98. The van der Waals surface area contributed by atoms with E-state index < -0.39 is 16.0 Å². The van der Waals surface area contributed by atoms with Crippen LogP contribution in [0.5, 0.6) is 0 Å². The summed E-state index contributed by atoms with van der Waals surface area (Å²) in [6.45, 7) is 2.50. The molecule has 20 heavy (non-hydrogen) atoms. The molecule has 8 heteroatoms. The highest BCUT2D eigenvalue weighted by Crippen LogP contribution is 2.16. The Morgan fingerprint density at radius 2 is 2.20 bits per heavy atom. The fourth-order valence-corrected chi connectivity index (χ4v) is 2.67. The van der Waals surface area contributed by atoms with Gasteiger partial charge in [0, 0.05) is 12.7 Å². The highest BCUT2D eigenvalue weighted by Gasteiger charge is 2.16. The molecule has 7 nitrogen and oxygen atoms in total. The molecule has 1 aromatic carbocycles. The molecule has 0 spiro atoms. The van der Waals surface area contributed by atoms with Gasteiger partial charge in [0.2, 0.25) is 0 Å². The van der Waals surface area contributed by atoms with Crippen molar-refractivity contribution in [2.45, 2.75) is 18.4 Å². The number of aromatic carboxylic acids is 1. The molecule has 0 saturated carbocycles. The molecule has 0 unspecified atom stereocenters. The Morgan fingerprint density at radius 3 is 2.80 bits per heavy atom. The summed E-state index contributed by atoms with van der Waals surface area (Å²) < 4.78 is 28.2. The second kappa shape index (κ2) is 5.33. The molecule has 2 N–H and O–H groups in total. The molecular formula is C12H13N3O4S. The molecule has 2 aromatic rings. The number of sulfonamides is 1. The first-order chi connectivity index (χ1) is 9.42. The van der Waals surface area contributed by atoms with E-state index in [1.54, 1.807) is 10.9 Å². The van der Waals surface area contributed by atoms with E-state index in [1.807, 2.05) is 6.92 Å². The molecule has 0 amide bonds. The summed E-state index contributed by atoms with van der Waals surface area (Å²) >= 11 is 0. The van der Waals surface area contributed by atoms with Gasteiger partial charge < -0.3 is 5.11 Å². The highest BCUT2D eigenvalue weighted by molar-refractivity contribution is 7.92. The number of aryl methyl sites for hydroxylation is 1. The van der Waals surface area contributed by atoms with Gasteiger partial charge in [0.25, 0.3) is 10.0 Å². The second-order valence-electron chi connectivity index (χ2n) is 4.02. The lowest BCUT2D eigenvalue weighted by Gasteiger charge is -2.06. The lowest BCUT2D eigenvalue weighted by molar-refractivity contribution is 0.0696. The number of benzene rings is 1. The highest BCUT2D eigenvalue weighted by atomic mass is 32.2. The van der Waals surface area contributed by atoms with Gasteiger partial charge in [0.15, 0.2) is 0 Å². The van der Waals surface area contributed by atoms with Gasteiger partial charge in [0.05, 0.1) is 22.3 Å². The van der Waals surface area contributed by atoms with E-state index in [0.717, 1.165) is 6.07 Å². The summed E-state index contributed by atoms with van der Waals surface area (Å²) in [5.74, 6) is -1.18. The standard InChI is InChI=1S/C12H13N3O4S/c1-2-15-8-10(7-13-15)14-20(18,19)11-5-3-4-9(6-11)12(16)17/h3-8,14H,2H2,1H3,(H,16,17). The van der Waals surface area contributed by atoms with Gasteiger partial charge in [-0.25, -0.2) is 13.2 Å². The van der Waals surface area contributed by atoms with Crippen molar-refractivity contribution in [3.63, 3.8) is 0 Å². The first-order valence-electron chi connectivity index (χ1n) is 5.81. The predicted octanol–water partition coefficient (Wildman–Crippen LogP) is 1.40. The van der Waals surface area contributed by atoms with Crippen LogP contribution in [-0.4, -0.2) is 29.3 Å². The monoisotopic (exact) mass is 295 g/mol. The normalized spacial score (nSPS) is 11.2. The maximum absolute atomic E-state index is 12.1. The number of hydrogen-bond acceptors (Lipinski definition) is 4. The van der Waals surface area contributed by atoms with Crippen molar-refractivity contribution < 1.29 is 18.3 Å². The Balaban J connectivity index is 2.30. The van der Waals surface area contributed by atoms with E-state index in [-0.39, 0.29) is 10.5 Å². The van der Waals surface area contributed by atoms with Crippen molar-refractivity contribution >= 4 is 21.7 Å². The maximum Gasteiger partial charge on any atom is 0.335 e. The molecule has 1 heterocycles. The first-order valence-corrected chi connectivity index (χ1v) is 7.29. The SMILES string of the molecule is CCn1cc(NS(=O)(=O)c2cccc(C(=O)O)c2)cn1. The van der Waals surface area contributed by atoms with Crippen LogP contribution in [0.3, 0.4) is 0 Å². The summed E-state index contributed by atoms with van der Waals surface area (Å²) in [7, 11) is -3.83. The number of rotatable bonds is 5. The Hall–Kier alpha value is -2.35. The number of anilines is 1. The van der Waals surface area contributed by atoms with Gasteiger partial charge in [-0.3, -0.25) is 9.40 Å². The fourth-order valence-electron chi connectivity index (χ4n) is 1.60. The van der Waals surface area contributed by atoms with Crippen LogP contribution in [0.25, 0.3) is 0 Å². The summed E-state index contributed by atoms with van der Waals surface area (Å²) in [5.41, 5.74) is 0.240. The minimum absolute atomic E-state index is 0.0860. The summed E-state index contributed by atoms with van der Waals surface area (Å²) in [6.07, 6.45) is 2.95. The molecule has 106 valence electrons. The average Bonchev–Trinajstić information content (AvgIpc) is 2.86. The quantitative estimate of drug-likeness (QED) is 0.868. The maximum atomic E-state index is 12.1. The van der Waals surface area contributed by atoms with Crippen LogP contribution in [0.1, 0.15) is 17.3 Å². The molecule has 0 bridgehead atoms. The minimum Gasteiger partial charge on any atom is -0.478 e. The largest absolute Gasteiger partial charge is 0.478 e. The zero-order chi connectivity index (χ0) is 14.8. The number of carboxylic acids is 1. The first kappa shape index (κ1) is 14.1. The van der Waals surface area contributed by atoms with Gasteiger partial charge in [0.1, 0.15) is 0 Å². The van der Waals surface area contributed by atoms with E-state index in [1.165, 1.54) is 24.4 Å². The smallest absolute Gasteiger partial charge is 0.335 e. The number of nitrogens with zero attached hydrogens (tertiary/aromatic N) is 2. The van der Waals surface area contributed by atoms with Gasteiger partial charge >= 0.3 is 5.97 Å². The molecule has 0 fully saturated rings. The predicted molar refractivity (Wildman–Crippen MR) is 72.1 cm³/mol. The third kappa shape index (κ3) is 2.97. The number of nitrogens with one attached hydrogen (secondary N) is 1. The summed E-state index contributed by atoms with van der Waals surface area (Å²) in [5, 5.41) is 12.8. The van der Waals surface area contributed by atoms with Crippen LogP contribution in [0.15, 0.2) is 41.6 Å². The van der Waals surface area contributed by atoms with Crippen LogP contribution in [0.4, 0.5) is 5.69 Å². The Bertz CT molecular complexity index is 737. The van der Waals surface area contributed by atoms with E-state index >= 15 is 0 Å².